The number of fused-ring (bicyclic) bond motifs is 2. The highest BCUT2D eigenvalue weighted by Gasteiger charge is 2.27. The second-order valence-electron chi connectivity index (χ2n) is 6.56. The van der Waals surface area contributed by atoms with Crippen LogP contribution in [0.3, 0.4) is 0 Å². The van der Waals surface area contributed by atoms with Gasteiger partial charge in [-0.05, 0) is 30.7 Å². The van der Waals surface area contributed by atoms with Crippen molar-refractivity contribution in [3.8, 4) is 22.4 Å². The van der Waals surface area contributed by atoms with Gasteiger partial charge in [0.05, 0.1) is 16.8 Å². The molecule has 0 fully saturated rings. The number of carbonyl (C=O) groups excluding carboxylic acids is 1. The highest BCUT2D eigenvalue weighted by Crippen LogP contribution is 2.44. The van der Waals surface area contributed by atoms with Gasteiger partial charge in [-0.3, -0.25) is 9.89 Å². The lowest BCUT2D eigenvalue weighted by atomic mass is 9.90. The molecule has 134 valence electrons. The summed E-state index contributed by atoms with van der Waals surface area (Å²) in [6, 6.07) is 5.28. The summed E-state index contributed by atoms with van der Waals surface area (Å²) in [5.41, 5.74) is 4.07. The molecule has 0 amide bonds. The van der Waals surface area contributed by atoms with Crippen LogP contribution in [-0.2, 0) is 6.54 Å². The Kier molecular flexibility index (Phi) is 3.21. The fourth-order valence-electron chi connectivity index (χ4n) is 3.81. The van der Waals surface area contributed by atoms with Crippen LogP contribution in [0.2, 0.25) is 0 Å². The van der Waals surface area contributed by atoms with E-state index in [9.17, 15) is 13.6 Å². The lowest BCUT2D eigenvalue weighted by Crippen LogP contribution is -2.01. The smallest absolute Gasteiger partial charge is 0.160 e. The minimum absolute atomic E-state index is 0.153. The van der Waals surface area contributed by atoms with Gasteiger partial charge in [-0.1, -0.05) is 6.07 Å². The maximum Gasteiger partial charge on any atom is 0.160 e. The molecule has 2 aromatic carbocycles. The molecule has 0 saturated heterocycles. The van der Waals surface area contributed by atoms with Gasteiger partial charge < -0.3 is 10.3 Å². The Morgan fingerprint density at radius 2 is 1.93 bits per heavy atom. The molecule has 27 heavy (non-hydrogen) atoms. The molecule has 2 aromatic heterocycles. The van der Waals surface area contributed by atoms with Crippen LogP contribution in [-0.4, -0.2) is 21.0 Å². The van der Waals surface area contributed by atoms with E-state index >= 15 is 0 Å². The second-order valence-corrected chi connectivity index (χ2v) is 6.56. The zero-order chi connectivity index (χ0) is 18.7. The molecular weight excluding hydrogens is 350 g/mol. The summed E-state index contributed by atoms with van der Waals surface area (Å²) < 4.78 is 29.0. The van der Waals surface area contributed by atoms with Gasteiger partial charge in [0.25, 0.3) is 0 Å². The largest absolute Gasteiger partial charge is 0.378 e. The molecule has 0 spiro atoms. The van der Waals surface area contributed by atoms with E-state index in [2.05, 4.69) is 20.5 Å². The van der Waals surface area contributed by atoms with Gasteiger partial charge in [-0.2, -0.15) is 5.10 Å². The first-order chi connectivity index (χ1) is 13.1. The summed E-state index contributed by atoms with van der Waals surface area (Å²) in [4.78, 5) is 15.6. The number of nitrogens with zero attached hydrogens (tertiary/aromatic N) is 1. The van der Waals surface area contributed by atoms with Crippen LogP contribution in [0.5, 0.6) is 0 Å². The molecule has 1 aliphatic heterocycles. The van der Waals surface area contributed by atoms with E-state index in [1.165, 1.54) is 25.1 Å². The third-order valence-corrected chi connectivity index (χ3v) is 5.00. The summed E-state index contributed by atoms with van der Waals surface area (Å²) >= 11 is 0. The molecular formula is C20H14F2N4O. The predicted octanol–water partition coefficient (Wildman–Crippen LogP) is 4.63. The number of rotatable bonds is 2. The zero-order valence-electron chi connectivity index (χ0n) is 14.3. The molecule has 0 bridgehead atoms. The van der Waals surface area contributed by atoms with E-state index in [4.69, 9.17) is 0 Å². The number of hydrogen-bond donors (Lipinski definition) is 3. The Balaban J connectivity index is 1.97. The Bertz CT molecular complexity index is 1220. The quantitative estimate of drug-likeness (QED) is 0.454. The van der Waals surface area contributed by atoms with Crippen LogP contribution in [0.15, 0.2) is 36.7 Å². The van der Waals surface area contributed by atoms with Crippen LogP contribution in [0.25, 0.3) is 33.3 Å². The van der Waals surface area contributed by atoms with E-state index in [1.807, 2.05) is 0 Å². The van der Waals surface area contributed by atoms with Crippen LogP contribution >= 0.6 is 0 Å². The van der Waals surface area contributed by atoms with Crippen molar-refractivity contribution in [2.45, 2.75) is 13.5 Å². The summed E-state index contributed by atoms with van der Waals surface area (Å²) in [5, 5.41) is 11.1. The number of halogens is 2. The number of H-pyrrole nitrogens is 2. The molecule has 0 saturated carbocycles. The summed E-state index contributed by atoms with van der Waals surface area (Å²) in [5.74, 6) is -1.56. The highest BCUT2D eigenvalue weighted by atomic mass is 19.1. The number of hydrogen-bond acceptors (Lipinski definition) is 3. The lowest BCUT2D eigenvalue weighted by Gasteiger charge is -2.13. The van der Waals surface area contributed by atoms with Crippen LogP contribution in [0, 0.1) is 11.6 Å². The lowest BCUT2D eigenvalue weighted by molar-refractivity contribution is 0.101. The molecule has 0 unspecified atom stereocenters. The Morgan fingerprint density at radius 1 is 1.15 bits per heavy atom. The molecule has 7 heteroatoms. The first kappa shape index (κ1) is 15.7. The van der Waals surface area contributed by atoms with Crippen molar-refractivity contribution in [1.82, 2.24) is 15.2 Å². The van der Waals surface area contributed by atoms with E-state index in [-0.39, 0.29) is 11.3 Å². The summed E-state index contributed by atoms with van der Waals surface area (Å²) in [6.07, 6.45) is 3.52. The number of Topliss-reactive ketones (excluding diaryl/α,β-unsaturated/α-hetero) is 1. The SMILES string of the molecule is CC(=O)c1cc(-c2c(F)cccc2F)c2[nH]cc3c2c1-c1n[nH]cc1NC3. The third-order valence-electron chi connectivity index (χ3n) is 5.00. The van der Waals surface area contributed by atoms with Crippen molar-refractivity contribution in [3.63, 3.8) is 0 Å². The van der Waals surface area contributed by atoms with Gasteiger partial charge in [0.1, 0.15) is 17.3 Å². The van der Waals surface area contributed by atoms with E-state index in [0.29, 0.717) is 34.4 Å². The van der Waals surface area contributed by atoms with Crippen molar-refractivity contribution in [1.29, 1.82) is 0 Å². The number of carbonyl (C=O) groups is 1. The number of benzene rings is 2. The average molecular weight is 364 g/mol. The standard InChI is InChI=1S/C20H14F2N4O/c1-9(27)11-5-12(17-13(21)3-2-4-14(17)22)19-16-10(7-24-19)6-23-15-8-25-26-20(15)18(11)16/h2-5,7-8,23-24H,6H2,1H3,(H,25,26). The molecule has 3 heterocycles. The molecule has 3 N–H and O–H groups in total. The molecule has 0 radical (unpaired) electrons. The number of aromatic nitrogens is 3. The van der Waals surface area contributed by atoms with Crippen LogP contribution in [0.4, 0.5) is 14.5 Å². The number of aromatic amines is 2. The van der Waals surface area contributed by atoms with Crippen molar-refractivity contribution < 1.29 is 13.6 Å². The first-order valence-electron chi connectivity index (χ1n) is 8.46. The monoisotopic (exact) mass is 364 g/mol. The number of nitrogens with one attached hydrogen (secondary N) is 3. The van der Waals surface area contributed by atoms with Gasteiger partial charge in [-0.15, -0.1) is 0 Å². The van der Waals surface area contributed by atoms with Gasteiger partial charge in [0.2, 0.25) is 0 Å². The van der Waals surface area contributed by atoms with Crippen LogP contribution in [0.1, 0.15) is 22.8 Å². The predicted molar refractivity (Wildman–Crippen MR) is 98.6 cm³/mol. The normalized spacial score (nSPS) is 12.6. The van der Waals surface area contributed by atoms with Crippen molar-refractivity contribution in [2.24, 2.45) is 0 Å². The fourth-order valence-corrected chi connectivity index (χ4v) is 3.81. The van der Waals surface area contributed by atoms with Gasteiger partial charge >= 0.3 is 0 Å². The van der Waals surface area contributed by atoms with Gasteiger partial charge in [0, 0.05) is 41.0 Å². The number of ketones is 1. The molecule has 5 nitrogen and oxygen atoms in total. The van der Waals surface area contributed by atoms with E-state index in [1.54, 1.807) is 18.5 Å². The van der Waals surface area contributed by atoms with Gasteiger partial charge in [-0.25, -0.2) is 8.78 Å². The zero-order valence-corrected chi connectivity index (χ0v) is 14.3. The van der Waals surface area contributed by atoms with Crippen molar-refractivity contribution in [3.05, 3.63) is 59.4 Å². The first-order valence-corrected chi connectivity index (χ1v) is 8.46. The summed E-state index contributed by atoms with van der Waals surface area (Å²) in [7, 11) is 0. The molecule has 5 rings (SSSR count). The van der Waals surface area contributed by atoms with Gasteiger partial charge in [0.15, 0.2) is 5.78 Å². The Labute approximate surface area is 152 Å². The molecule has 4 aromatic rings. The molecule has 0 aliphatic carbocycles. The fraction of sp³-hybridized carbons (Fsp3) is 0.100. The molecule has 1 aliphatic rings. The minimum Gasteiger partial charge on any atom is -0.378 e. The highest BCUT2D eigenvalue weighted by molar-refractivity contribution is 6.15. The topological polar surface area (TPSA) is 73.6 Å². The summed E-state index contributed by atoms with van der Waals surface area (Å²) in [6.45, 7) is 1.94. The second kappa shape index (κ2) is 5.51. The maximum absolute atomic E-state index is 14.5. The Morgan fingerprint density at radius 3 is 2.67 bits per heavy atom. The molecule has 0 atom stereocenters. The minimum atomic E-state index is -0.678. The maximum atomic E-state index is 14.5. The van der Waals surface area contributed by atoms with Crippen molar-refractivity contribution in [2.75, 3.05) is 5.32 Å². The average Bonchev–Trinajstić information content (AvgIpc) is 3.23. The Hall–Kier alpha value is -3.48. The van der Waals surface area contributed by atoms with E-state index < -0.39 is 11.6 Å². The number of anilines is 1. The van der Waals surface area contributed by atoms with Crippen LogP contribution < -0.4 is 5.32 Å². The third kappa shape index (κ3) is 2.14. The van der Waals surface area contributed by atoms with Crippen molar-refractivity contribution >= 4 is 22.4 Å². The van der Waals surface area contributed by atoms with E-state index in [0.717, 1.165) is 16.6 Å².